The van der Waals surface area contributed by atoms with E-state index in [-0.39, 0.29) is 5.56 Å². The van der Waals surface area contributed by atoms with Crippen LogP contribution in [0.4, 0.5) is 0 Å². The third kappa shape index (κ3) is 3.23. The molecule has 0 radical (unpaired) electrons. The minimum absolute atomic E-state index is 0.0247. The zero-order valence-electron chi connectivity index (χ0n) is 17.6. The number of hydrogen-bond donors (Lipinski definition) is 0. The van der Waals surface area contributed by atoms with Crippen molar-refractivity contribution in [2.24, 2.45) is 7.05 Å². The van der Waals surface area contributed by atoms with E-state index in [4.69, 9.17) is 0 Å². The van der Waals surface area contributed by atoms with Crippen LogP contribution in [0.5, 0.6) is 0 Å². The highest BCUT2D eigenvalue weighted by atomic mass is 16.1. The number of fused-ring (bicyclic) bond motifs is 2. The SMILES string of the molecule is CCc1cc2cccc(C#Cc3cn(C)c4ccccc34)c2c(=O)n1-c1ccccc1. The molecule has 0 saturated heterocycles. The number of rotatable bonds is 2. The van der Waals surface area contributed by atoms with Crippen LogP contribution < -0.4 is 5.56 Å². The zero-order chi connectivity index (χ0) is 21.4. The van der Waals surface area contributed by atoms with E-state index in [0.717, 1.165) is 45.2 Å². The van der Waals surface area contributed by atoms with Gasteiger partial charge in [-0.15, -0.1) is 0 Å². The van der Waals surface area contributed by atoms with Crippen LogP contribution in [0.25, 0.3) is 27.4 Å². The molecule has 0 spiro atoms. The molecule has 31 heavy (non-hydrogen) atoms. The van der Waals surface area contributed by atoms with Gasteiger partial charge in [0.05, 0.1) is 10.9 Å². The van der Waals surface area contributed by atoms with E-state index in [9.17, 15) is 4.79 Å². The summed E-state index contributed by atoms with van der Waals surface area (Å²) in [6, 6.07) is 26.0. The molecule has 5 rings (SSSR count). The largest absolute Gasteiger partial charge is 0.349 e. The van der Waals surface area contributed by atoms with E-state index in [1.807, 2.05) is 78.5 Å². The molecule has 150 valence electrons. The summed E-state index contributed by atoms with van der Waals surface area (Å²) in [6.45, 7) is 2.07. The number of hydrogen-bond acceptors (Lipinski definition) is 1. The third-order valence-corrected chi connectivity index (χ3v) is 5.73. The standard InChI is InChI=1S/C28H22N2O/c1-3-23-18-21-11-9-10-20(27(21)28(31)30(23)24-12-5-4-6-13-24)16-17-22-19-29(2)26-15-8-7-14-25(22)26/h4-15,18-19H,3H2,1-2H3. The second-order valence-corrected chi connectivity index (χ2v) is 7.66. The molecule has 5 aromatic rings. The first kappa shape index (κ1) is 19.0. The molecule has 0 unspecified atom stereocenters. The van der Waals surface area contributed by atoms with Crippen molar-refractivity contribution in [3.05, 3.63) is 112 Å². The average molecular weight is 402 g/mol. The fraction of sp³-hybridized carbons (Fsp3) is 0.107. The lowest BCUT2D eigenvalue weighted by atomic mass is 10.0. The number of nitrogens with zero attached hydrogens (tertiary/aromatic N) is 2. The molecule has 0 bridgehead atoms. The van der Waals surface area contributed by atoms with Crippen LogP contribution in [0.1, 0.15) is 23.7 Å². The minimum atomic E-state index is -0.0247. The van der Waals surface area contributed by atoms with Crippen molar-refractivity contribution in [1.29, 1.82) is 0 Å². The van der Waals surface area contributed by atoms with E-state index in [2.05, 4.69) is 41.5 Å². The topological polar surface area (TPSA) is 26.9 Å². The van der Waals surface area contributed by atoms with E-state index >= 15 is 0 Å². The van der Waals surface area contributed by atoms with Crippen molar-refractivity contribution in [3.8, 4) is 17.5 Å². The Morgan fingerprint density at radius 1 is 0.839 bits per heavy atom. The molecule has 0 saturated carbocycles. The Morgan fingerprint density at radius 2 is 1.58 bits per heavy atom. The molecule has 0 aliphatic heterocycles. The summed E-state index contributed by atoms with van der Waals surface area (Å²) in [5.74, 6) is 6.60. The van der Waals surface area contributed by atoms with Crippen molar-refractivity contribution < 1.29 is 0 Å². The van der Waals surface area contributed by atoms with Gasteiger partial charge in [-0.05, 0) is 42.1 Å². The van der Waals surface area contributed by atoms with Gasteiger partial charge in [0.25, 0.3) is 5.56 Å². The summed E-state index contributed by atoms with van der Waals surface area (Å²) in [5.41, 5.74) is 4.70. The second-order valence-electron chi connectivity index (χ2n) is 7.66. The highest BCUT2D eigenvalue weighted by Gasteiger charge is 2.12. The number of aromatic nitrogens is 2. The maximum atomic E-state index is 13.6. The molecule has 2 aromatic heterocycles. The van der Waals surface area contributed by atoms with Gasteiger partial charge in [-0.2, -0.15) is 0 Å². The Morgan fingerprint density at radius 3 is 2.39 bits per heavy atom. The maximum Gasteiger partial charge on any atom is 0.264 e. The number of pyridine rings is 1. The van der Waals surface area contributed by atoms with Gasteiger partial charge in [-0.1, -0.05) is 67.3 Å². The third-order valence-electron chi connectivity index (χ3n) is 5.73. The lowest BCUT2D eigenvalue weighted by Crippen LogP contribution is -2.22. The van der Waals surface area contributed by atoms with E-state index in [0.29, 0.717) is 5.39 Å². The molecular formula is C28H22N2O. The van der Waals surface area contributed by atoms with Crippen molar-refractivity contribution in [3.63, 3.8) is 0 Å². The smallest absolute Gasteiger partial charge is 0.264 e. The van der Waals surface area contributed by atoms with Crippen molar-refractivity contribution >= 4 is 21.7 Å². The average Bonchev–Trinajstić information content (AvgIpc) is 3.13. The highest BCUT2D eigenvalue weighted by Crippen LogP contribution is 2.21. The van der Waals surface area contributed by atoms with E-state index in [1.54, 1.807) is 0 Å². The van der Waals surface area contributed by atoms with E-state index < -0.39 is 0 Å². The van der Waals surface area contributed by atoms with Crippen LogP contribution in [-0.2, 0) is 13.5 Å². The molecule has 0 amide bonds. The summed E-state index contributed by atoms with van der Waals surface area (Å²) < 4.78 is 3.89. The first-order valence-corrected chi connectivity index (χ1v) is 10.5. The van der Waals surface area contributed by atoms with Gasteiger partial charge in [0, 0.05) is 41.1 Å². The Kier molecular flexibility index (Phi) is 4.69. The molecule has 0 atom stereocenters. The maximum absolute atomic E-state index is 13.6. The highest BCUT2D eigenvalue weighted by molar-refractivity contribution is 5.90. The van der Waals surface area contributed by atoms with Crippen LogP contribution in [-0.4, -0.2) is 9.13 Å². The molecule has 0 aliphatic rings. The van der Waals surface area contributed by atoms with Gasteiger partial charge >= 0.3 is 0 Å². The molecule has 0 fully saturated rings. The lowest BCUT2D eigenvalue weighted by molar-refractivity contribution is 0.889. The summed E-state index contributed by atoms with van der Waals surface area (Å²) in [6.07, 6.45) is 2.81. The Hall–Kier alpha value is -4.03. The van der Waals surface area contributed by atoms with E-state index in [1.165, 1.54) is 0 Å². The number of para-hydroxylation sites is 2. The fourth-order valence-electron chi connectivity index (χ4n) is 4.22. The Labute approximate surface area is 181 Å². The quantitative estimate of drug-likeness (QED) is 0.361. The second kappa shape index (κ2) is 7.66. The Balaban J connectivity index is 1.74. The molecule has 0 aliphatic carbocycles. The zero-order valence-corrected chi connectivity index (χ0v) is 17.6. The fourth-order valence-corrected chi connectivity index (χ4v) is 4.22. The molecule has 3 nitrogen and oxygen atoms in total. The molecule has 0 N–H and O–H groups in total. The van der Waals surface area contributed by atoms with Crippen molar-refractivity contribution in [2.75, 3.05) is 0 Å². The van der Waals surface area contributed by atoms with Gasteiger partial charge in [-0.25, -0.2) is 0 Å². The normalized spacial score (nSPS) is 10.9. The van der Waals surface area contributed by atoms with Crippen molar-refractivity contribution in [1.82, 2.24) is 9.13 Å². The Bertz CT molecular complexity index is 1540. The number of benzene rings is 3. The van der Waals surface area contributed by atoms with Crippen molar-refractivity contribution in [2.45, 2.75) is 13.3 Å². The summed E-state index contributed by atoms with van der Waals surface area (Å²) in [4.78, 5) is 13.6. The van der Waals surface area contributed by atoms with Gasteiger partial charge in [0.2, 0.25) is 0 Å². The monoisotopic (exact) mass is 402 g/mol. The molecule has 3 aromatic carbocycles. The van der Waals surface area contributed by atoms with Crippen LogP contribution in [0, 0.1) is 11.8 Å². The summed E-state index contributed by atoms with van der Waals surface area (Å²) >= 11 is 0. The predicted octanol–water partition coefficient (Wildman–Crippen LogP) is 5.44. The van der Waals surface area contributed by atoms with Crippen LogP contribution >= 0.6 is 0 Å². The van der Waals surface area contributed by atoms with Crippen LogP contribution in [0.3, 0.4) is 0 Å². The molecular weight excluding hydrogens is 380 g/mol. The number of aryl methyl sites for hydroxylation is 2. The van der Waals surface area contributed by atoms with Gasteiger partial charge in [0.1, 0.15) is 0 Å². The lowest BCUT2D eigenvalue weighted by Gasteiger charge is -2.14. The van der Waals surface area contributed by atoms with Crippen LogP contribution in [0.2, 0.25) is 0 Å². The molecule has 2 heterocycles. The van der Waals surface area contributed by atoms with Gasteiger partial charge < -0.3 is 4.57 Å². The predicted molar refractivity (Wildman–Crippen MR) is 128 cm³/mol. The first-order chi connectivity index (χ1) is 15.2. The van der Waals surface area contributed by atoms with Crippen LogP contribution in [0.15, 0.2) is 89.9 Å². The first-order valence-electron chi connectivity index (χ1n) is 10.5. The summed E-state index contributed by atoms with van der Waals surface area (Å²) in [5, 5.41) is 2.71. The summed E-state index contributed by atoms with van der Waals surface area (Å²) in [7, 11) is 2.02. The minimum Gasteiger partial charge on any atom is -0.349 e. The van der Waals surface area contributed by atoms with Gasteiger partial charge in [-0.3, -0.25) is 9.36 Å². The molecule has 3 heteroatoms. The van der Waals surface area contributed by atoms with Gasteiger partial charge in [0.15, 0.2) is 0 Å².